The van der Waals surface area contributed by atoms with Crippen LogP contribution in [0.5, 0.6) is 0 Å². The van der Waals surface area contributed by atoms with Crippen molar-refractivity contribution in [2.75, 3.05) is 6.61 Å². The molecule has 0 radical (unpaired) electrons. The van der Waals surface area contributed by atoms with Crippen LogP contribution in [-0.2, 0) is 14.3 Å². The molecule has 0 aromatic heterocycles. The predicted octanol–water partition coefficient (Wildman–Crippen LogP) is 5.23. The summed E-state index contributed by atoms with van der Waals surface area (Å²) in [4.78, 5) is 24.9. The van der Waals surface area contributed by atoms with E-state index in [9.17, 15) is 19.8 Å². The number of rotatable bonds is 7. The van der Waals surface area contributed by atoms with Gasteiger partial charge >= 0.3 is 5.97 Å². The maximum atomic E-state index is 12.7. The Bertz CT molecular complexity index is 880. The van der Waals surface area contributed by atoms with Crippen molar-refractivity contribution in [3.05, 3.63) is 47.6 Å². The molecule has 188 valence electrons. The molecule has 2 N–H and O–H groups in total. The van der Waals surface area contributed by atoms with Gasteiger partial charge in [0.1, 0.15) is 5.41 Å². The van der Waals surface area contributed by atoms with Crippen molar-refractivity contribution in [2.24, 2.45) is 22.7 Å². The largest absolute Gasteiger partial charge is 0.465 e. The van der Waals surface area contributed by atoms with E-state index in [1.54, 1.807) is 20.8 Å². The quantitative estimate of drug-likeness (QED) is 0.230. The number of carbonyl (C=O) groups is 2. The van der Waals surface area contributed by atoms with E-state index in [1.807, 2.05) is 6.08 Å². The van der Waals surface area contributed by atoms with Crippen LogP contribution in [0.4, 0.5) is 0 Å². The van der Waals surface area contributed by atoms with E-state index >= 15 is 0 Å². The van der Waals surface area contributed by atoms with Crippen LogP contribution in [0.25, 0.3) is 0 Å². The van der Waals surface area contributed by atoms with Gasteiger partial charge in [0.25, 0.3) is 0 Å². The Morgan fingerprint density at radius 1 is 1.15 bits per heavy atom. The van der Waals surface area contributed by atoms with Gasteiger partial charge in [0.2, 0.25) is 0 Å². The second-order valence-electron chi connectivity index (χ2n) is 11.2. The Kier molecular flexibility index (Phi) is 8.41. The average Bonchev–Trinajstić information content (AvgIpc) is 3.12. The Balaban J connectivity index is 1.72. The van der Waals surface area contributed by atoms with E-state index in [2.05, 4.69) is 25.7 Å². The summed E-state index contributed by atoms with van der Waals surface area (Å²) in [6.07, 6.45) is 14.0. The number of fused-ring (bicyclic) bond motifs is 1. The molecule has 3 aliphatic carbocycles. The second-order valence-corrected chi connectivity index (χ2v) is 11.2. The zero-order chi connectivity index (χ0) is 25.1. The smallest absolute Gasteiger partial charge is 0.319 e. The number of carbonyl (C=O) groups excluding carboxylic acids is 2. The topological polar surface area (TPSA) is 83.8 Å². The summed E-state index contributed by atoms with van der Waals surface area (Å²) >= 11 is 0. The first-order valence-electron chi connectivity index (χ1n) is 12.8. The number of aliphatic hydroxyl groups is 2. The Labute approximate surface area is 204 Å². The first-order chi connectivity index (χ1) is 16.0. The molecule has 0 aliphatic heterocycles. The van der Waals surface area contributed by atoms with Crippen molar-refractivity contribution >= 4 is 11.8 Å². The van der Waals surface area contributed by atoms with Crippen LogP contribution in [0, 0.1) is 22.7 Å². The number of hydrogen-bond donors (Lipinski definition) is 2. The van der Waals surface area contributed by atoms with Crippen LogP contribution in [0.15, 0.2) is 47.6 Å². The van der Waals surface area contributed by atoms with Crippen molar-refractivity contribution in [2.45, 2.75) is 91.3 Å². The average molecular weight is 471 g/mol. The summed E-state index contributed by atoms with van der Waals surface area (Å²) in [5.41, 5.74) is 2.42. The number of esters is 1. The van der Waals surface area contributed by atoms with E-state index < -0.39 is 23.6 Å². The maximum absolute atomic E-state index is 12.7. The lowest BCUT2D eigenvalue weighted by Gasteiger charge is -2.42. The fourth-order valence-corrected chi connectivity index (χ4v) is 6.30. The fraction of sp³-hybridized carbons (Fsp3) is 0.655. The van der Waals surface area contributed by atoms with Gasteiger partial charge in [-0.1, -0.05) is 48.5 Å². The normalized spacial score (nSPS) is 33.1. The Morgan fingerprint density at radius 3 is 2.47 bits per heavy atom. The highest BCUT2D eigenvalue weighted by Gasteiger charge is 2.49. The van der Waals surface area contributed by atoms with Crippen LogP contribution in [0.3, 0.4) is 0 Å². The molecule has 3 fully saturated rings. The third kappa shape index (κ3) is 5.63. The number of allylic oxidation sites excluding steroid dienone is 6. The van der Waals surface area contributed by atoms with Gasteiger partial charge in [-0.3, -0.25) is 9.59 Å². The van der Waals surface area contributed by atoms with E-state index in [-0.39, 0.29) is 17.8 Å². The summed E-state index contributed by atoms with van der Waals surface area (Å²) in [6, 6.07) is 0. The number of ether oxygens (including phenoxy) is 1. The van der Waals surface area contributed by atoms with Gasteiger partial charge in [0.15, 0.2) is 5.78 Å². The summed E-state index contributed by atoms with van der Waals surface area (Å²) in [6.45, 7) is 11.9. The number of hydrogen-bond acceptors (Lipinski definition) is 5. The molecular formula is C29H42O5. The highest BCUT2D eigenvalue weighted by Crippen LogP contribution is 2.59. The Hall–Kier alpha value is -1.98. The van der Waals surface area contributed by atoms with Crippen LogP contribution in [-0.4, -0.2) is 40.8 Å². The minimum Gasteiger partial charge on any atom is -0.465 e. The monoisotopic (exact) mass is 470 g/mol. The van der Waals surface area contributed by atoms with Gasteiger partial charge in [-0.25, -0.2) is 0 Å². The van der Waals surface area contributed by atoms with Crippen LogP contribution < -0.4 is 0 Å². The third-order valence-corrected chi connectivity index (χ3v) is 8.34. The van der Waals surface area contributed by atoms with Crippen molar-refractivity contribution in [1.29, 1.82) is 0 Å². The van der Waals surface area contributed by atoms with Crippen LogP contribution in [0.2, 0.25) is 0 Å². The molecule has 5 heteroatoms. The summed E-state index contributed by atoms with van der Waals surface area (Å²) in [7, 11) is 0. The fourth-order valence-electron chi connectivity index (χ4n) is 6.30. The van der Waals surface area contributed by atoms with Crippen molar-refractivity contribution in [3.8, 4) is 0 Å². The molecule has 34 heavy (non-hydrogen) atoms. The van der Waals surface area contributed by atoms with Gasteiger partial charge in [-0.2, -0.15) is 0 Å². The molecule has 3 saturated carbocycles. The standard InChI is InChI=1S/C29H42O5/c1-6-34-27(33)28(3,4)26(32)14-9-19(2)24-12-13-25-21(8-7-15-29(24,25)5)11-10-20-16-22(30)18-23(31)17-20/h9-11,14,22-25,30-31H,2,6-8,12-13,15-18H2,1,3-5H3/t22-,23-,24-,25+,29-/m1/s1. The van der Waals surface area contributed by atoms with Crippen molar-refractivity contribution in [3.63, 3.8) is 0 Å². The van der Waals surface area contributed by atoms with Crippen LogP contribution in [0.1, 0.15) is 79.1 Å². The van der Waals surface area contributed by atoms with Gasteiger partial charge in [-0.05, 0) is 95.5 Å². The molecule has 0 unspecified atom stereocenters. The lowest BCUT2D eigenvalue weighted by molar-refractivity contribution is -0.156. The first kappa shape index (κ1) is 26.6. The van der Waals surface area contributed by atoms with E-state index in [0.29, 0.717) is 31.1 Å². The molecule has 0 bridgehead atoms. The highest BCUT2D eigenvalue weighted by molar-refractivity contribution is 6.08. The SMILES string of the molecule is C=C(C=CC(=O)C(C)(C)C(=O)OCC)[C@H]1CC[C@H]2C(=CC=C3C[C@@H](O)C[C@H](O)C3)CCC[C@]12C. The predicted molar refractivity (Wildman–Crippen MR) is 134 cm³/mol. The minimum absolute atomic E-state index is 0.0926. The van der Waals surface area contributed by atoms with Gasteiger partial charge in [0.05, 0.1) is 18.8 Å². The molecule has 0 spiro atoms. The van der Waals surface area contributed by atoms with Gasteiger partial charge < -0.3 is 14.9 Å². The zero-order valence-corrected chi connectivity index (χ0v) is 21.3. The van der Waals surface area contributed by atoms with Crippen molar-refractivity contribution < 1.29 is 24.5 Å². The van der Waals surface area contributed by atoms with Gasteiger partial charge in [-0.15, -0.1) is 0 Å². The molecular weight excluding hydrogens is 428 g/mol. The Morgan fingerprint density at radius 2 is 1.82 bits per heavy atom. The maximum Gasteiger partial charge on any atom is 0.319 e. The first-order valence-corrected chi connectivity index (χ1v) is 12.8. The number of ketones is 1. The molecule has 0 aromatic rings. The molecule has 0 saturated heterocycles. The van der Waals surface area contributed by atoms with Crippen LogP contribution >= 0.6 is 0 Å². The molecule has 5 atom stereocenters. The van der Waals surface area contributed by atoms with E-state index in [0.717, 1.165) is 43.3 Å². The molecule has 3 rings (SSSR count). The molecule has 0 heterocycles. The summed E-state index contributed by atoms with van der Waals surface area (Å²) in [5, 5.41) is 20.0. The zero-order valence-electron chi connectivity index (χ0n) is 21.3. The highest BCUT2D eigenvalue weighted by atomic mass is 16.5. The molecule has 3 aliphatic rings. The number of aliphatic hydroxyl groups excluding tert-OH is 2. The van der Waals surface area contributed by atoms with Gasteiger partial charge in [0, 0.05) is 0 Å². The molecule has 0 aromatic carbocycles. The molecule has 0 amide bonds. The second kappa shape index (κ2) is 10.7. The minimum atomic E-state index is -1.20. The summed E-state index contributed by atoms with van der Waals surface area (Å²) < 4.78 is 5.06. The third-order valence-electron chi connectivity index (χ3n) is 8.34. The summed E-state index contributed by atoms with van der Waals surface area (Å²) in [5.74, 6) is -0.00264. The van der Waals surface area contributed by atoms with E-state index in [4.69, 9.17) is 4.74 Å². The van der Waals surface area contributed by atoms with Crippen molar-refractivity contribution in [1.82, 2.24) is 0 Å². The van der Waals surface area contributed by atoms with E-state index in [1.165, 1.54) is 11.6 Å². The lowest BCUT2D eigenvalue weighted by Crippen LogP contribution is -2.34. The molecule has 5 nitrogen and oxygen atoms in total. The lowest BCUT2D eigenvalue weighted by atomic mass is 9.62.